The lowest BCUT2D eigenvalue weighted by molar-refractivity contribution is -0.175. The van der Waals surface area contributed by atoms with Crippen LogP contribution in [0.4, 0.5) is 4.79 Å². The van der Waals surface area contributed by atoms with Crippen LogP contribution in [0.25, 0.3) is 0 Å². The summed E-state index contributed by atoms with van der Waals surface area (Å²) in [6, 6.07) is 8.97. The van der Waals surface area contributed by atoms with Gasteiger partial charge in [-0.3, -0.25) is 14.5 Å². The lowest BCUT2D eigenvalue weighted by atomic mass is 9.77. The molecule has 2 rings (SSSR count). The number of carbonyl (C=O) groups is 3. The zero-order valence-electron chi connectivity index (χ0n) is 15.8. The highest BCUT2D eigenvalue weighted by Gasteiger charge is 2.53. The summed E-state index contributed by atoms with van der Waals surface area (Å²) in [5.41, 5.74) is 4.28. The zero-order valence-corrected chi connectivity index (χ0v) is 15.8. The summed E-state index contributed by atoms with van der Waals surface area (Å²) in [6.45, 7) is 5.14. The van der Waals surface area contributed by atoms with Gasteiger partial charge in [0.05, 0.1) is 6.17 Å². The second-order valence-electron chi connectivity index (χ2n) is 7.64. The van der Waals surface area contributed by atoms with Crippen molar-refractivity contribution in [2.45, 2.75) is 52.0 Å². The second kappa shape index (κ2) is 7.96. The van der Waals surface area contributed by atoms with E-state index in [1.807, 2.05) is 6.07 Å². The molecule has 2 unspecified atom stereocenters. The Morgan fingerprint density at radius 2 is 1.89 bits per heavy atom. The largest absolute Gasteiger partial charge is 0.480 e. The van der Waals surface area contributed by atoms with Crippen molar-refractivity contribution >= 4 is 18.0 Å². The minimum atomic E-state index is -1.79. The number of nitrogens with two attached hydrogens (primary N) is 1. The molecule has 0 aromatic heterocycles. The first-order valence-corrected chi connectivity index (χ1v) is 8.75. The van der Waals surface area contributed by atoms with Gasteiger partial charge in [-0.25, -0.2) is 4.79 Å². The Kier molecular flexibility index (Phi) is 6.10. The SMILES string of the molecule is CC(C)(C)OC(=O)N1CCC(C(=O)O)(C(=O)OCc2ccccc2)CC1N. The number of esters is 1. The number of ether oxygens (including phenoxy) is 2. The highest BCUT2D eigenvalue weighted by Crippen LogP contribution is 2.36. The second-order valence-corrected chi connectivity index (χ2v) is 7.64. The molecular weight excluding hydrogens is 352 g/mol. The van der Waals surface area contributed by atoms with E-state index >= 15 is 0 Å². The summed E-state index contributed by atoms with van der Waals surface area (Å²) in [6.07, 6.45) is -1.93. The van der Waals surface area contributed by atoms with Crippen LogP contribution < -0.4 is 5.73 Å². The van der Waals surface area contributed by atoms with Gasteiger partial charge in [-0.1, -0.05) is 30.3 Å². The van der Waals surface area contributed by atoms with Crippen molar-refractivity contribution in [2.24, 2.45) is 11.1 Å². The number of nitrogens with zero attached hydrogens (tertiary/aromatic N) is 1. The number of benzene rings is 1. The number of hydrogen-bond donors (Lipinski definition) is 2. The highest BCUT2D eigenvalue weighted by atomic mass is 16.6. The van der Waals surface area contributed by atoms with Crippen LogP contribution in [0.1, 0.15) is 39.2 Å². The number of carbonyl (C=O) groups excluding carboxylic acids is 2. The maximum Gasteiger partial charge on any atom is 0.411 e. The minimum Gasteiger partial charge on any atom is -0.480 e. The Morgan fingerprint density at radius 3 is 2.41 bits per heavy atom. The smallest absolute Gasteiger partial charge is 0.411 e. The Labute approximate surface area is 158 Å². The molecule has 1 heterocycles. The molecule has 1 amide bonds. The Bertz CT molecular complexity index is 700. The molecule has 1 aliphatic rings. The number of carboxylic acids is 1. The Hall–Kier alpha value is -2.61. The molecule has 0 radical (unpaired) electrons. The fraction of sp³-hybridized carbons (Fsp3) is 0.526. The molecule has 148 valence electrons. The molecule has 0 spiro atoms. The van der Waals surface area contributed by atoms with Gasteiger partial charge in [-0.2, -0.15) is 0 Å². The van der Waals surface area contributed by atoms with E-state index in [1.165, 1.54) is 4.90 Å². The van der Waals surface area contributed by atoms with Gasteiger partial charge in [0.25, 0.3) is 0 Å². The molecule has 2 atom stereocenters. The molecule has 8 nitrogen and oxygen atoms in total. The number of likely N-dealkylation sites (tertiary alicyclic amines) is 1. The molecule has 1 saturated heterocycles. The fourth-order valence-corrected chi connectivity index (χ4v) is 2.92. The van der Waals surface area contributed by atoms with Crippen molar-refractivity contribution in [3.05, 3.63) is 35.9 Å². The van der Waals surface area contributed by atoms with Crippen molar-refractivity contribution in [3.63, 3.8) is 0 Å². The Morgan fingerprint density at radius 1 is 1.26 bits per heavy atom. The van der Waals surface area contributed by atoms with Crippen molar-refractivity contribution in [1.29, 1.82) is 0 Å². The van der Waals surface area contributed by atoms with Crippen LogP contribution in [-0.2, 0) is 25.7 Å². The third kappa shape index (κ3) is 4.97. The Balaban J connectivity index is 2.08. The lowest BCUT2D eigenvalue weighted by Crippen LogP contribution is -2.59. The first-order valence-electron chi connectivity index (χ1n) is 8.75. The van der Waals surface area contributed by atoms with Gasteiger partial charge in [0.1, 0.15) is 12.2 Å². The molecular formula is C19H26N2O6. The topological polar surface area (TPSA) is 119 Å². The summed E-state index contributed by atoms with van der Waals surface area (Å²) >= 11 is 0. The molecule has 27 heavy (non-hydrogen) atoms. The monoisotopic (exact) mass is 378 g/mol. The first kappa shape index (κ1) is 20.7. The van der Waals surface area contributed by atoms with Gasteiger partial charge in [0.15, 0.2) is 5.41 Å². The molecule has 0 bridgehead atoms. The summed E-state index contributed by atoms with van der Waals surface area (Å²) in [7, 11) is 0. The van der Waals surface area contributed by atoms with E-state index in [1.54, 1.807) is 45.0 Å². The van der Waals surface area contributed by atoms with Crippen LogP contribution in [-0.4, -0.2) is 46.3 Å². The average Bonchev–Trinajstić information content (AvgIpc) is 2.58. The van der Waals surface area contributed by atoms with Crippen LogP contribution in [0.3, 0.4) is 0 Å². The van der Waals surface area contributed by atoms with Gasteiger partial charge in [0, 0.05) is 13.0 Å². The number of piperidine rings is 1. The van der Waals surface area contributed by atoms with E-state index in [0.717, 1.165) is 5.56 Å². The predicted octanol–water partition coefficient (Wildman–Crippen LogP) is 2.12. The number of amides is 1. The van der Waals surface area contributed by atoms with Crippen LogP contribution in [0, 0.1) is 5.41 Å². The van der Waals surface area contributed by atoms with E-state index in [9.17, 15) is 19.5 Å². The molecule has 0 saturated carbocycles. The molecule has 1 aliphatic heterocycles. The van der Waals surface area contributed by atoms with E-state index in [4.69, 9.17) is 15.2 Å². The average molecular weight is 378 g/mol. The number of rotatable bonds is 4. The summed E-state index contributed by atoms with van der Waals surface area (Å²) in [4.78, 5) is 38.0. The third-order valence-electron chi connectivity index (χ3n) is 4.38. The lowest BCUT2D eigenvalue weighted by Gasteiger charge is -2.41. The maximum absolute atomic E-state index is 12.6. The molecule has 0 aliphatic carbocycles. The minimum absolute atomic E-state index is 0.0111. The number of carboxylic acid groups (broad SMARTS) is 1. The standard InChI is InChI=1S/C19H26N2O6/c1-18(2,3)27-17(25)21-10-9-19(15(22)23,11-14(21)20)16(24)26-12-13-7-5-4-6-8-13/h4-8,14H,9-12,20H2,1-3H3,(H,22,23). The van der Waals surface area contributed by atoms with Gasteiger partial charge >= 0.3 is 18.0 Å². The van der Waals surface area contributed by atoms with Gasteiger partial charge in [0.2, 0.25) is 0 Å². The normalized spacial score (nSPS) is 22.8. The van der Waals surface area contributed by atoms with Crippen LogP contribution in [0.5, 0.6) is 0 Å². The molecule has 8 heteroatoms. The van der Waals surface area contributed by atoms with Crippen LogP contribution in [0.15, 0.2) is 30.3 Å². The van der Waals surface area contributed by atoms with Crippen LogP contribution >= 0.6 is 0 Å². The quantitative estimate of drug-likeness (QED) is 0.608. The summed E-state index contributed by atoms with van der Waals surface area (Å²) in [5, 5.41) is 9.69. The summed E-state index contributed by atoms with van der Waals surface area (Å²) < 4.78 is 10.5. The fourth-order valence-electron chi connectivity index (χ4n) is 2.92. The predicted molar refractivity (Wildman–Crippen MR) is 96.5 cm³/mol. The van der Waals surface area contributed by atoms with E-state index < -0.39 is 35.2 Å². The molecule has 1 aromatic carbocycles. The highest BCUT2D eigenvalue weighted by molar-refractivity contribution is 5.99. The van der Waals surface area contributed by atoms with Crippen molar-refractivity contribution in [1.82, 2.24) is 4.90 Å². The summed E-state index contributed by atoms with van der Waals surface area (Å²) in [5.74, 6) is -2.15. The number of hydrogen-bond acceptors (Lipinski definition) is 6. The van der Waals surface area contributed by atoms with Crippen molar-refractivity contribution < 1.29 is 29.0 Å². The van der Waals surface area contributed by atoms with Crippen LogP contribution in [0.2, 0.25) is 0 Å². The van der Waals surface area contributed by atoms with E-state index in [2.05, 4.69) is 0 Å². The number of aliphatic carboxylic acids is 1. The first-order chi connectivity index (χ1) is 12.5. The molecule has 3 N–H and O–H groups in total. The van der Waals surface area contributed by atoms with Gasteiger partial charge in [-0.05, 0) is 32.8 Å². The van der Waals surface area contributed by atoms with E-state index in [0.29, 0.717) is 0 Å². The van der Waals surface area contributed by atoms with Gasteiger partial charge in [-0.15, -0.1) is 0 Å². The maximum atomic E-state index is 12.6. The third-order valence-corrected chi connectivity index (χ3v) is 4.38. The zero-order chi connectivity index (χ0) is 20.2. The van der Waals surface area contributed by atoms with Gasteiger partial charge < -0.3 is 20.3 Å². The van der Waals surface area contributed by atoms with Crippen molar-refractivity contribution in [3.8, 4) is 0 Å². The molecule has 1 fully saturated rings. The van der Waals surface area contributed by atoms with Crippen molar-refractivity contribution in [2.75, 3.05) is 6.54 Å². The molecule has 1 aromatic rings. The van der Waals surface area contributed by atoms with E-state index in [-0.39, 0.29) is 26.0 Å².